The zero-order valence-corrected chi connectivity index (χ0v) is 16.7. The van der Waals surface area contributed by atoms with Gasteiger partial charge in [-0.1, -0.05) is 54.2 Å². The highest BCUT2D eigenvalue weighted by atomic mass is 32.2. The Balaban J connectivity index is 1.53. The second-order valence-electron chi connectivity index (χ2n) is 6.37. The molecular weight excluding hydrogens is 389 g/mol. The fourth-order valence-electron chi connectivity index (χ4n) is 2.78. The third-order valence-corrected chi connectivity index (χ3v) is 5.25. The molecular formula is C23H20FNO3S. The summed E-state index contributed by atoms with van der Waals surface area (Å²) in [6.07, 6.45) is 3.08. The summed E-state index contributed by atoms with van der Waals surface area (Å²) in [7, 11) is 0. The van der Waals surface area contributed by atoms with Gasteiger partial charge in [0.2, 0.25) is 5.12 Å². The number of esters is 1. The van der Waals surface area contributed by atoms with Crippen molar-refractivity contribution >= 4 is 22.8 Å². The summed E-state index contributed by atoms with van der Waals surface area (Å²) >= 11 is 1.05. The molecule has 3 aromatic rings. The summed E-state index contributed by atoms with van der Waals surface area (Å²) in [4.78, 5) is 28.1. The lowest BCUT2D eigenvalue weighted by atomic mass is 9.97. The van der Waals surface area contributed by atoms with E-state index in [9.17, 15) is 14.0 Å². The van der Waals surface area contributed by atoms with Crippen molar-refractivity contribution in [3.8, 4) is 11.1 Å². The molecule has 1 atom stereocenters. The lowest BCUT2D eigenvalue weighted by molar-refractivity contribution is -0.144. The molecule has 0 radical (unpaired) electrons. The molecule has 0 spiro atoms. The van der Waals surface area contributed by atoms with Crippen molar-refractivity contribution in [2.75, 3.05) is 12.4 Å². The second kappa shape index (κ2) is 9.98. The molecule has 0 N–H and O–H groups in total. The third-order valence-electron chi connectivity index (χ3n) is 4.39. The normalized spacial score (nSPS) is 11.7. The van der Waals surface area contributed by atoms with Gasteiger partial charge in [-0.2, -0.15) is 0 Å². The molecule has 148 valence electrons. The van der Waals surface area contributed by atoms with E-state index in [0.29, 0.717) is 11.3 Å². The number of halogens is 1. The molecule has 3 rings (SSSR count). The van der Waals surface area contributed by atoms with E-state index in [-0.39, 0.29) is 17.3 Å². The van der Waals surface area contributed by atoms with Crippen LogP contribution in [-0.2, 0) is 9.53 Å². The molecule has 0 aliphatic rings. The van der Waals surface area contributed by atoms with E-state index < -0.39 is 17.7 Å². The number of carbonyl (C=O) groups is 2. The highest BCUT2D eigenvalue weighted by Gasteiger charge is 2.21. The van der Waals surface area contributed by atoms with Crippen molar-refractivity contribution in [3.05, 3.63) is 90.0 Å². The number of hydrogen-bond acceptors (Lipinski definition) is 5. The van der Waals surface area contributed by atoms with E-state index in [0.717, 1.165) is 22.9 Å². The first kappa shape index (κ1) is 20.7. The Morgan fingerprint density at radius 1 is 1.07 bits per heavy atom. The van der Waals surface area contributed by atoms with Gasteiger partial charge in [-0.15, -0.1) is 0 Å². The van der Waals surface area contributed by atoms with Gasteiger partial charge in [0, 0.05) is 29.3 Å². The minimum atomic E-state index is -0.737. The molecule has 29 heavy (non-hydrogen) atoms. The maximum atomic E-state index is 14.6. The van der Waals surface area contributed by atoms with E-state index in [2.05, 4.69) is 4.98 Å². The van der Waals surface area contributed by atoms with Crippen LogP contribution >= 0.6 is 11.8 Å². The molecule has 6 heteroatoms. The Morgan fingerprint density at radius 3 is 2.55 bits per heavy atom. The number of ether oxygens (including phenoxy) is 1. The predicted molar refractivity (Wildman–Crippen MR) is 112 cm³/mol. The van der Waals surface area contributed by atoms with Gasteiger partial charge in [0.1, 0.15) is 12.4 Å². The second-order valence-corrected chi connectivity index (χ2v) is 7.44. The van der Waals surface area contributed by atoms with Crippen molar-refractivity contribution in [2.45, 2.75) is 12.8 Å². The summed E-state index contributed by atoms with van der Waals surface area (Å²) < 4.78 is 19.8. The Kier molecular flexibility index (Phi) is 7.14. The molecule has 0 saturated carbocycles. The number of hydrogen-bond donors (Lipinski definition) is 0. The average molecular weight is 409 g/mol. The Hall–Kier alpha value is -2.99. The minimum Gasteiger partial charge on any atom is -0.464 e. The van der Waals surface area contributed by atoms with Crippen LogP contribution in [0.1, 0.15) is 28.8 Å². The largest absolute Gasteiger partial charge is 0.464 e. The number of nitrogens with zero attached hydrogens (tertiary/aromatic N) is 1. The van der Waals surface area contributed by atoms with Gasteiger partial charge < -0.3 is 4.74 Å². The van der Waals surface area contributed by atoms with E-state index in [1.165, 1.54) is 12.3 Å². The topological polar surface area (TPSA) is 56.3 Å². The Labute approximate surface area is 173 Å². The average Bonchev–Trinajstić information content (AvgIpc) is 2.77. The Bertz CT molecular complexity index is 980. The smallest absolute Gasteiger partial charge is 0.313 e. The molecule has 0 saturated heterocycles. The van der Waals surface area contributed by atoms with Crippen molar-refractivity contribution in [3.63, 3.8) is 0 Å². The van der Waals surface area contributed by atoms with Crippen LogP contribution < -0.4 is 0 Å². The van der Waals surface area contributed by atoms with E-state index >= 15 is 0 Å². The molecule has 4 nitrogen and oxygen atoms in total. The fraction of sp³-hybridized carbons (Fsp3) is 0.174. The van der Waals surface area contributed by atoms with Crippen molar-refractivity contribution < 1.29 is 18.7 Å². The van der Waals surface area contributed by atoms with Crippen LogP contribution in [-0.4, -0.2) is 28.4 Å². The van der Waals surface area contributed by atoms with Gasteiger partial charge in [0.15, 0.2) is 0 Å². The summed E-state index contributed by atoms with van der Waals surface area (Å²) in [5.41, 5.74) is 2.44. The van der Waals surface area contributed by atoms with E-state index in [1.807, 2.05) is 30.3 Å². The molecule has 0 fully saturated rings. The Morgan fingerprint density at radius 2 is 1.86 bits per heavy atom. The molecule has 1 aromatic heterocycles. The summed E-state index contributed by atoms with van der Waals surface area (Å²) in [5.74, 6) is -1.39. The maximum absolute atomic E-state index is 14.6. The molecule has 1 heterocycles. The fourth-order valence-corrected chi connectivity index (χ4v) is 3.42. The lowest BCUT2D eigenvalue weighted by Gasteiger charge is -2.13. The number of carbonyl (C=O) groups excluding carboxylic acids is 2. The van der Waals surface area contributed by atoms with Crippen molar-refractivity contribution in [1.82, 2.24) is 4.98 Å². The summed E-state index contributed by atoms with van der Waals surface area (Å²) in [5, 5.41) is -0.134. The van der Waals surface area contributed by atoms with Crippen LogP contribution in [0.5, 0.6) is 0 Å². The molecule has 0 amide bonds. The molecule has 0 aliphatic heterocycles. The van der Waals surface area contributed by atoms with Gasteiger partial charge in [-0.25, -0.2) is 4.39 Å². The number of benzene rings is 2. The van der Waals surface area contributed by atoms with E-state index in [4.69, 9.17) is 4.74 Å². The number of thioether (sulfide) groups is 1. The van der Waals surface area contributed by atoms with Gasteiger partial charge in [0.25, 0.3) is 0 Å². The van der Waals surface area contributed by atoms with Crippen molar-refractivity contribution in [2.24, 2.45) is 0 Å². The minimum absolute atomic E-state index is 0.0730. The number of aromatic nitrogens is 1. The van der Waals surface area contributed by atoms with Crippen LogP contribution in [0, 0.1) is 5.82 Å². The lowest BCUT2D eigenvalue weighted by Crippen LogP contribution is -2.16. The first-order chi connectivity index (χ1) is 14.1. The first-order valence-corrected chi connectivity index (χ1v) is 10.1. The molecule has 0 aliphatic carbocycles. The van der Waals surface area contributed by atoms with Gasteiger partial charge >= 0.3 is 5.97 Å². The van der Waals surface area contributed by atoms with Gasteiger partial charge in [-0.3, -0.25) is 14.6 Å². The predicted octanol–water partition coefficient (Wildman–Crippen LogP) is 5.11. The third kappa shape index (κ3) is 5.51. The van der Waals surface area contributed by atoms with Crippen molar-refractivity contribution in [1.29, 1.82) is 0 Å². The number of pyridine rings is 1. The highest BCUT2D eigenvalue weighted by Crippen LogP contribution is 2.26. The van der Waals surface area contributed by atoms with Crippen LogP contribution in [0.3, 0.4) is 0 Å². The van der Waals surface area contributed by atoms with Gasteiger partial charge in [-0.05, 0) is 36.2 Å². The quantitative estimate of drug-likeness (QED) is 0.401. The maximum Gasteiger partial charge on any atom is 0.313 e. The van der Waals surface area contributed by atoms with Crippen LogP contribution in [0.2, 0.25) is 0 Å². The van der Waals surface area contributed by atoms with Crippen LogP contribution in [0.4, 0.5) is 4.39 Å². The zero-order valence-electron chi connectivity index (χ0n) is 15.9. The molecule has 1 unspecified atom stereocenters. The first-order valence-electron chi connectivity index (χ1n) is 9.15. The molecule has 0 bridgehead atoms. The molecule has 2 aromatic carbocycles. The standard InChI is InChI=1S/C23H20FNO3S/c1-16(20-10-9-18(14-21(20)24)17-6-3-2-4-7-17)22(26)28-12-13-29-23(27)19-8-5-11-25-15-19/h2-11,14-16H,12-13H2,1H3. The zero-order chi connectivity index (χ0) is 20.6. The van der Waals surface area contributed by atoms with Crippen LogP contribution in [0.25, 0.3) is 11.1 Å². The SMILES string of the molecule is CC(C(=O)OCCSC(=O)c1cccnc1)c1ccc(-c2ccccc2)cc1F. The van der Waals surface area contributed by atoms with Crippen LogP contribution in [0.15, 0.2) is 73.1 Å². The monoisotopic (exact) mass is 409 g/mol. The van der Waals surface area contributed by atoms with E-state index in [1.54, 1.807) is 37.4 Å². The summed E-state index contributed by atoms with van der Waals surface area (Å²) in [6.45, 7) is 1.68. The van der Waals surface area contributed by atoms with Gasteiger partial charge in [0.05, 0.1) is 5.92 Å². The highest BCUT2D eigenvalue weighted by molar-refractivity contribution is 8.14. The summed E-state index contributed by atoms with van der Waals surface area (Å²) in [6, 6.07) is 17.7. The number of rotatable bonds is 7.